The van der Waals surface area contributed by atoms with Crippen LogP contribution < -0.4 is 15.0 Å². The van der Waals surface area contributed by atoms with Gasteiger partial charge in [-0.05, 0) is 55.7 Å². The van der Waals surface area contributed by atoms with E-state index in [1.54, 1.807) is 31.3 Å². The zero-order valence-electron chi connectivity index (χ0n) is 14.5. The fourth-order valence-electron chi connectivity index (χ4n) is 2.84. The number of anilines is 1. The van der Waals surface area contributed by atoms with Crippen molar-refractivity contribution in [3.05, 3.63) is 52.1 Å². The summed E-state index contributed by atoms with van der Waals surface area (Å²) in [6, 6.07) is 8.83. The molecule has 2 aromatic rings. The Hall–Kier alpha value is -1.98. The molecule has 1 aromatic heterocycles. The Morgan fingerprint density at radius 2 is 2.04 bits per heavy atom. The van der Waals surface area contributed by atoms with Crippen molar-refractivity contribution < 1.29 is 9.53 Å². The van der Waals surface area contributed by atoms with Gasteiger partial charge >= 0.3 is 0 Å². The predicted octanol–water partition coefficient (Wildman–Crippen LogP) is 4.07. The molecule has 0 saturated carbocycles. The Labute approximate surface area is 163 Å². The van der Waals surface area contributed by atoms with Gasteiger partial charge < -0.3 is 15.0 Å². The van der Waals surface area contributed by atoms with Crippen LogP contribution in [0.1, 0.15) is 25.3 Å². The average Bonchev–Trinajstić information content (AvgIpc) is 3.17. The van der Waals surface area contributed by atoms with Gasteiger partial charge in [0.2, 0.25) is 0 Å². The normalized spacial score (nSPS) is 15.0. The largest absolute Gasteiger partial charge is 0.479 e. The van der Waals surface area contributed by atoms with Crippen LogP contribution in [-0.2, 0) is 11.3 Å². The van der Waals surface area contributed by atoms with E-state index in [4.69, 9.17) is 27.9 Å². The zero-order valence-corrected chi connectivity index (χ0v) is 16.1. The number of carbonyl (C=O) groups is 1. The number of amides is 1. The topological polar surface area (TPSA) is 54.5 Å². The SMILES string of the molecule is CC(Oc1ccc(Cl)cc1Cl)C(=O)NCc1ccnc(N2CCCC2)c1. The Kier molecular flexibility index (Phi) is 6.22. The molecular weight excluding hydrogens is 373 g/mol. The monoisotopic (exact) mass is 393 g/mol. The first kappa shape index (κ1) is 18.8. The van der Waals surface area contributed by atoms with E-state index >= 15 is 0 Å². The summed E-state index contributed by atoms with van der Waals surface area (Å²) >= 11 is 11.9. The molecule has 1 aliphatic rings. The zero-order chi connectivity index (χ0) is 18.5. The molecule has 3 rings (SSSR count). The molecule has 1 fully saturated rings. The minimum absolute atomic E-state index is 0.212. The molecule has 1 amide bonds. The molecule has 1 aromatic carbocycles. The lowest BCUT2D eigenvalue weighted by Gasteiger charge is -2.18. The van der Waals surface area contributed by atoms with Crippen LogP contribution in [0.4, 0.5) is 5.82 Å². The quantitative estimate of drug-likeness (QED) is 0.803. The number of nitrogens with zero attached hydrogens (tertiary/aromatic N) is 2. The number of rotatable bonds is 6. The second-order valence-corrected chi connectivity index (χ2v) is 7.11. The first-order valence-corrected chi connectivity index (χ1v) is 9.38. The second-order valence-electron chi connectivity index (χ2n) is 6.27. The summed E-state index contributed by atoms with van der Waals surface area (Å²) in [6.07, 6.45) is 3.51. The van der Waals surface area contributed by atoms with E-state index in [0.717, 1.165) is 24.5 Å². The number of benzene rings is 1. The Morgan fingerprint density at radius 3 is 2.77 bits per heavy atom. The Morgan fingerprint density at radius 1 is 1.27 bits per heavy atom. The molecule has 138 valence electrons. The highest BCUT2D eigenvalue weighted by atomic mass is 35.5. The van der Waals surface area contributed by atoms with Gasteiger partial charge in [-0.3, -0.25) is 4.79 Å². The van der Waals surface area contributed by atoms with E-state index in [1.807, 2.05) is 12.1 Å². The fourth-order valence-corrected chi connectivity index (χ4v) is 3.29. The van der Waals surface area contributed by atoms with Crippen LogP contribution in [0.3, 0.4) is 0 Å². The lowest BCUT2D eigenvalue weighted by Crippen LogP contribution is -2.36. The minimum atomic E-state index is -0.673. The summed E-state index contributed by atoms with van der Waals surface area (Å²) < 4.78 is 5.63. The fraction of sp³-hybridized carbons (Fsp3) is 0.368. The molecule has 5 nitrogen and oxygen atoms in total. The Bertz CT molecular complexity index is 779. The molecular formula is C19H21Cl2N3O2. The van der Waals surface area contributed by atoms with Crippen molar-refractivity contribution in [1.29, 1.82) is 0 Å². The molecule has 0 spiro atoms. The van der Waals surface area contributed by atoms with Gasteiger partial charge in [0.05, 0.1) is 5.02 Å². The summed E-state index contributed by atoms with van der Waals surface area (Å²) in [5.41, 5.74) is 1.01. The molecule has 1 N–H and O–H groups in total. The van der Waals surface area contributed by atoms with Crippen molar-refractivity contribution in [2.45, 2.75) is 32.4 Å². The molecule has 0 bridgehead atoms. The van der Waals surface area contributed by atoms with Gasteiger partial charge in [-0.1, -0.05) is 23.2 Å². The number of hydrogen-bond acceptors (Lipinski definition) is 4. The molecule has 1 saturated heterocycles. The maximum absolute atomic E-state index is 12.3. The minimum Gasteiger partial charge on any atom is -0.479 e. The van der Waals surface area contributed by atoms with Crippen LogP contribution in [0, 0.1) is 0 Å². The smallest absolute Gasteiger partial charge is 0.261 e. The van der Waals surface area contributed by atoms with Crippen molar-refractivity contribution in [3.63, 3.8) is 0 Å². The maximum Gasteiger partial charge on any atom is 0.261 e. The van der Waals surface area contributed by atoms with Crippen LogP contribution in [0.5, 0.6) is 5.75 Å². The number of pyridine rings is 1. The van der Waals surface area contributed by atoms with Gasteiger partial charge in [0.25, 0.3) is 5.91 Å². The third kappa shape index (κ3) is 4.80. The van der Waals surface area contributed by atoms with Gasteiger partial charge in [0.1, 0.15) is 11.6 Å². The number of halogens is 2. The second kappa shape index (κ2) is 8.60. The average molecular weight is 394 g/mol. The third-order valence-corrected chi connectivity index (χ3v) is 4.80. The van der Waals surface area contributed by atoms with Crippen LogP contribution in [0.15, 0.2) is 36.5 Å². The van der Waals surface area contributed by atoms with E-state index in [1.165, 1.54) is 12.8 Å². The summed E-state index contributed by atoms with van der Waals surface area (Å²) in [5, 5.41) is 3.78. The van der Waals surface area contributed by atoms with Crippen LogP contribution in [-0.4, -0.2) is 30.1 Å². The lowest BCUT2D eigenvalue weighted by atomic mass is 10.2. The van der Waals surface area contributed by atoms with Crippen molar-refractivity contribution in [1.82, 2.24) is 10.3 Å². The molecule has 0 radical (unpaired) electrons. The van der Waals surface area contributed by atoms with E-state index in [9.17, 15) is 4.79 Å². The van der Waals surface area contributed by atoms with Gasteiger partial charge in [0, 0.05) is 30.9 Å². The van der Waals surface area contributed by atoms with E-state index in [2.05, 4.69) is 15.2 Å². The van der Waals surface area contributed by atoms with Crippen LogP contribution in [0.2, 0.25) is 10.0 Å². The molecule has 1 unspecified atom stereocenters. The third-order valence-electron chi connectivity index (χ3n) is 4.27. The van der Waals surface area contributed by atoms with Gasteiger partial charge in [-0.2, -0.15) is 0 Å². The van der Waals surface area contributed by atoms with Crippen molar-refractivity contribution in [3.8, 4) is 5.75 Å². The number of nitrogens with one attached hydrogen (secondary N) is 1. The van der Waals surface area contributed by atoms with Gasteiger partial charge in [-0.15, -0.1) is 0 Å². The number of aromatic nitrogens is 1. The summed E-state index contributed by atoms with van der Waals surface area (Å²) in [4.78, 5) is 19.0. The van der Waals surface area contributed by atoms with Crippen LogP contribution in [0.25, 0.3) is 0 Å². The van der Waals surface area contributed by atoms with Crippen molar-refractivity contribution in [2.75, 3.05) is 18.0 Å². The van der Waals surface area contributed by atoms with E-state index in [-0.39, 0.29) is 5.91 Å². The van der Waals surface area contributed by atoms with Crippen LogP contribution >= 0.6 is 23.2 Å². The highest BCUT2D eigenvalue weighted by Crippen LogP contribution is 2.28. The summed E-state index contributed by atoms with van der Waals surface area (Å²) in [5.74, 6) is 1.18. The lowest BCUT2D eigenvalue weighted by molar-refractivity contribution is -0.127. The molecule has 1 atom stereocenters. The molecule has 26 heavy (non-hydrogen) atoms. The van der Waals surface area contributed by atoms with Gasteiger partial charge in [0.15, 0.2) is 6.10 Å². The molecule has 1 aliphatic heterocycles. The standard InChI is InChI=1S/C19H21Cl2N3O2/c1-13(26-17-5-4-15(20)11-16(17)21)19(25)23-12-14-6-7-22-18(10-14)24-8-2-3-9-24/h4-7,10-11,13H,2-3,8-9,12H2,1H3,(H,23,25). The maximum atomic E-state index is 12.3. The van der Waals surface area contributed by atoms with Crippen molar-refractivity contribution >= 4 is 34.9 Å². The highest BCUT2D eigenvalue weighted by molar-refractivity contribution is 6.35. The first-order chi connectivity index (χ1) is 12.5. The molecule has 7 heteroatoms. The summed E-state index contributed by atoms with van der Waals surface area (Å²) in [7, 11) is 0. The Balaban J connectivity index is 1.55. The van der Waals surface area contributed by atoms with E-state index in [0.29, 0.717) is 22.3 Å². The number of ether oxygens (including phenoxy) is 1. The molecule has 0 aliphatic carbocycles. The van der Waals surface area contributed by atoms with Crippen molar-refractivity contribution in [2.24, 2.45) is 0 Å². The molecule has 2 heterocycles. The predicted molar refractivity (Wildman–Crippen MR) is 104 cm³/mol. The van der Waals surface area contributed by atoms with E-state index < -0.39 is 6.10 Å². The van der Waals surface area contributed by atoms with Gasteiger partial charge in [-0.25, -0.2) is 4.98 Å². The number of carbonyl (C=O) groups excluding carboxylic acids is 1. The number of hydrogen-bond donors (Lipinski definition) is 1. The summed E-state index contributed by atoms with van der Waals surface area (Å²) in [6.45, 7) is 4.18. The highest BCUT2D eigenvalue weighted by Gasteiger charge is 2.17. The first-order valence-electron chi connectivity index (χ1n) is 8.62.